The molecule has 3 unspecified atom stereocenters. The molecule has 0 spiro atoms. The van der Waals surface area contributed by atoms with Crippen LogP contribution in [0.5, 0.6) is 0 Å². The van der Waals surface area contributed by atoms with Crippen molar-refractivity contribution in [2.24, 2.45) is 11.8 Å². The number of hydrogen-bond acceptors (Lipinski definition) is 5. The van der Waals surface area contributed by atoms with E-state index in [1.165, 1.54) is 6.92 Å². The van der Waals surface area contributed by atoms with Gasteiger partial charge in [0.05, 0.1) is 5.92 Å². The van der Waals surface area contributed by atoms with E-state index >= 15 is 0 Å². The summed E-state index contributed by atoms with van der Waals surface area (Å²) in [5.41, 5.74) is 0.426. The van der Waals surface area contributed by atoms with Crippen molar-refractivity contribution in [3.63, 3.8) is 0 Å². The van der Waals surface area contributed by atoms with E-state index in [0.717, 1.165) is 16.4 Å². The molecule has 4 rings (SSSR count). The van der Waals surface area contributed by atoms with E-state index in [1.807, 2.05) is 0 Å². The fraction of sp³-hybridized carbons (Fsp3) is 0.769. The van der Waals surface area contributed by atoms with Crippen molar-refractivity contribution in [2.45, 2.75) is 37.6 Å². The molecule has 4 bridgehead atoms. The Balaban J connectivity index is 1.99. The van der Waals surface area contributed by atoms with Gasteiger partial charge in [0.2, 0.25) is 0 Å². The maximum Gasteiger partial charge on any atom is 0.303 e. The van der Waals surface area contributed by atoms with E-state index in [2.05, 4.69) is 29.2 Å². The van der Waals surface area contributed by atoms with E-state index < -0.39 is 11.9 Å². The van der Waals surface area contributed by atoms with Crippen molar-refractivity contribution in [3.8, 4) is 0 Å². The predicted molar refractivity (Wildman–Crippen MR) is 74.7 cm³/mol. The van der Waals surface area contributed by atoms with Gasteiger partial charge in [0.15, 0.2) is 12.6 Å². The van der Waals surface area contributed by atoms with Crippen LogP contribution in [0, 0.1) is 11.8 Å². The number of fused-ring (bicyclic) bond motifs is 1. The monoisotopic (exact) mass is 380 g/mol. The van der Waals surface area contributed by atoms with Gasteiger partial charge in [0.25, 0.3) is 0 Å². The molecule has 3 saturated heterocycles. The number of ether oxygens (including phenoxy) is 4. The summed E-state index contributed by atoms with van der Waals surface area (Å²) in [5, 5.41) is 0. The summed E-state index contributed by atoms with van der Waals surface area (Å²) in [6.45, 7) is 5.51. The number of carbonyl (C=O) groups is 1. The normalized spacial score (nSPS) is 47.5. The zero-order valence-corrected chi connectivity index (χ0v) is 13.1. The highest BCUT2D eigenvalue weighted by Crippen LogP contribution is 2.59. The Labute approximate surface area is 125 Å². The Morgan fingerprint density at radius 2 is 2.37 bits per heavy atom. The second-order valence-electron chi connectivity index (χ2n) is 5.32. The van der Waals surface area contributed by atoms with E-state index in [9.17, 15) is 4.79 Å². The first-order valence-corrected chi connectivity index (χ1v) is 7.84. The van der Waals surface area contributed by atoms with Gasteiger partial charge >= 0.3 is 5.97 Å². The van der Waals surface area contributed by atoms with Gasteiger partial charge in [-0.3, -0.25) is 4.79 Å². The van der Waals surface area contributed by atoms with E-state index in [0.29, 0.717) is 0 Å². The lowest BCUT2D eigenvalue weighted by atomic mass is 9.77. The molecule has 106 valence electrons. The maximum atomic E-state index is 11.3. The van der Waals surface area contributed by atoms with E-state index in [4.69, 9.17) is 18.9 Å². The smallest absolute Gasteiger partial charge is 0.303 e. The minimum Gasteiger partial charge on any atom is -0.459 e. The quantitative estimate of drug-likeness (QED) is 0.323. The molecule has 0 aromatic heterocycles. The first kappa shape index (κ1) is 13.8. The second-order valence-corrected chi connectivity index (χ2v) is 6.08. The average molecular weight is 380 g/mol. The van der Waals surface area contributed by atoms with E-state index in [1.54, 1.807) is 7.11 Å². The maximum absolute atomic E-state index is 11.3. The van der Waals surface area contributed by atoms with Crippen LogP contribution in [-0.2, 0) is 23.7 Å². The second kappa shape index (κ2) is 4.68. The molecule has 1 aliphatic carbocycles. The van der Waals surface area contributed by atoms with Crippen molar-refractivity contribution in [1.29, 1.82) is 0 Å². The fourth-order valence-electron chi connectivity index (χ4n) is 3.62. The molecule has 1 saturated carbocycles. The Morgan fingerprint density at radius 3 is 2.95 bits per heavy atom. The lowest BCUT2D eigenvalue weighted by Gasteiger charge is -2.53. The van der Waals surface area contributed by atoms with E-state index in [-0.39, 0.29) is 30.2 Å². The van der Waals surface area contributed by atoms with Gasteiger partial charge in [-0.2, -0.15) is 0 Å². The molecule has 6 heteroatoms. The third-order valence-electron chi connectivity index (χ3n) is 4.42. The van der Waals surface area contributed by atoms with Crippen LogP contribution in [0.4, 0.5) is 0 Å². The van der Waals surface area contributed by atoms with Crippen molar-refractivity contribution in [2.75, 3.05) is 11.5 Å². The molecular weight excluding hydrogens is 363 g/mol. The number of esters is 1. The van der Waals surface area contributed by atoms with Crippen LogP contribution in [-0.4, -0.2) is 41.8 Å². The highest BCUT2D eigenvalue weighted by atomic mass is 127. The summed E-state index contributed by atoms with van der Waals surface area (Å²) in [7, 11) is 1.63. The first-order valence-electron chi connectivity index (χ1n) is 6.31. The predicted octanol–water partition coefficient (Wildman–Crippen LogP) is 1.64. The number of hydrogen-bond donors (Lipinski definition) is 0. The largest absolute Gasteiger partial charge is 0.459 e. The molecule has 0 radical (unpaired) electrons. The molecule has 0 aromatic rings. The SMILES string of the molecule is C=C1C2O[C@@H](OC)C3C1C[C@@H](OC(C)=O)[C@]3(CI)O2. The fourth-order valence-corrected chi connectivity index (χ4v) is 4.80. The third-order valence-corrected chi connectivity index (χ3v) is 5.61. The summed E-state index contributed by atoms with van der Waals surface area (Å²) in [6.07, 6.45) is -0.272. The molecule has 19 heavy (non-hydrogen) atoms. The number of methoxy groups -OCH3 is 1. The topological polar surface area (TPSA) is 54.0 Å². The van der Waals surface area contributed by atoms with Gasteiger partial charge in [-0.15, -0.1) is 0 Å². The van der Waals surface area contributed by atoms with Gasteiger partial charge in [0.1, 0.15) is 11.7 Å². The van der Waals surface area contributed by atoms with Crippen molar-refractivity contribution in [3.05, 3.63) is 12.2 Å². The van der Waals surface area contributed by atoms with Crippen LogP contribution < -0.4 is 0 Å². The molecule has 3 aliphatic heterocycles. The Morgan fingerprint density at radius 1 is 1.63 bits per heavy atom. The van der Waals surface area contributed by atoms with Gasteiger partial charge < -0.3 is 18.9 Å². The van der Waals surface area contributed by atoms with Crippen LogP contribution >= 0.6 is 22.6 Å². The summed E-state index contributed by atoms with van der Waals surface area (Å²) < 4.78 is 23.5. The number of halogens is 1. The lowest BCUT2D eigenvalue weighted by Crippen LogP contribution is -2.64. The summed E-state index contributed by atoms with van der Waals surface area (Å²) >= 11 is 2.28. The highest BCUT2D eigenvalue weighted by molar-refractivity contribution is 14.1. The lowest BCUT2D eigenvalue weighted by molar-refractivity contribution is -0.367. The summed E-state index contributed by atoms with van der Waals surface area (Å²) in [4.78, 5) is 11.3. The average Bonchev–Trinajstić information content (AvgIpc) is 2.66. The Kier molecular flexibility index (Phi) is 3.40. The molecule has 5 nitrogen and oxygen atoms in total. The van der Waals surface area contributed by atoms with Gasteiger partial charge in [-0.25, -0.2) is 0 Å². The van der Waals surface area contributed by atoms with Gasteiger partial charge in [0, 0.05) is 18.5 Å². The molecule has 0 aromatic carbocycles. The Hall–Kier alpha value is -0.180. The van der Waals surface area contributed by atoms with Crippen LogP contribution in [0.1, 0.15) is 13.3 Å². The minimum absolute atomic E-state index is 0.0382. The molecule has 0 amide bonds. The van der Waals surface area contributed by atoms with Crippen LogP contribution in [0.25, 0.3) is 0 Å². The summed E-state index contributed by atoms with van der Waals surface area (Å²) in [6, 6.07) is 0. The Bertz CT molecular complexity index is 425. The molecule has 0 N–H and O–H groups in total. The number of rotatable bonds is 3. The first-order chi connectivity index (χ1) is 9.03. The zero-order chi connectivity index (χ0) is 13.8. The molecule has 4 aliphatic rings. The van der Waals surface area contributed by atoms with Crippen LogP contribution in [0.15, 0.2) is 12.2 Å². The van der Waals surface area contributed by atoms with Gasteiger partial charge in [-0.1, -0.05) is 29.2 Å². The third kappa shape index (κ3) is 1.80. The van der Waals surface area contributed by atoms with Gasteiger partial charge in [-0.05, 0) is 17.9 Å². The molecule has 4 fully saturated rings. The minimum atomic E-state index is -0.512. The molecular formula is C13H17IO5. The zero-order valence-electron chi connectivity index (χ0n) is 10.9. The van der Waals surface area contributed by atoms with Crippen LogP contribution in [0.2, 0.25) is 0 Å². The van der Waals surface area contributed by atoms with Crippen molar-refractivity contribution in [1.82, 2.24) is 0 Å². The molecule has 6 atom stereocenters. The molecule has 3 heterocycles. The number of alkyl halides is 1. The summed E-state index contributed by atoms with van der Waals surface area (Å²) in [5.74, 6) is -0.00504. The van der Waals surface area contributed by atoms with Crippen LogP contribution in [0.3, 0.4) is 0 Å². The number of carbonyl (C=O) groups excluding carboxylic acids is 1. The standard InChI is InChI=1S/C13H17IO5/c1-6-8-4-9(17-7(2)15)13(5-14)10(8)12(16-3)18-11(6)19-13/h8-12H,1,4-5H2,2-3H3/t8?,9-,10?,11?,12-,13+/m1/s1. The highest BCUT2D eigenvalue weighted by Gasteiger charge is 2.69. The van der Waals surface area contributed by atoms with Crippen molar-refractivity contribution < 1.29 is 23.7 Å². The van der Waals surface area contributed by atoms with Crippen molar-refractivity contribution >= 4 is 28.6 Å².